The SMILES string of the molecule is CO/N=C(/CCN1CCC(c2ccccc2OC)C1)c1ccc(F)cc1. The normalized spacial score (nSPS) is 18.1. The van der Waals surface area contributed by atoms with E-state index >= 15 is 0 Å². The molecule has 1 aliphatic heterocycles. The van der Waals surface area contributed by atoms with Gasteiger partial charge in [-0.05, 0) is 42.3 Å². The summed E-state index contributed by atoms with van der Waals surface area (Å²) in [5, 5.41) is 4.14. The van der Waals surface area contributed by atoms with Crippen LogP contribution in [0, 0.1) is 5.82 Å². The van der Waals surface area contributed by atoms with E-state index < -0.39 is 0 Å². The van der Waals surface area contributed by atoms with Gasteiger partial charge in [0.25, 0.3) is 0 Å². The number of ether oxygens (including phenoxy) is 1. The number of halogens is 1. The minimum absolute atomic E-state index is 0.246. The van der Waals surface area contributed by atoms with Gasteiger partial charge in [-0.1, -0.05) is 35.5 Å². The molecule has 3 rings (SSSR count). The second-order valence-corrected chi connectivity index (χ2v) is 6.51. The first kappa shape index (κ1) is 18.4. The molecule has 1 aliphatic rings. The van der Waals surface area contributed by atoms with Gasteiger partial charge in [0.05, 0.1) is 12.8 Å². The van der Waals surface area contributed by atoms with E-state index in [2.05, 4.69) is 22.2 Å². The van der Waals surface area contributed by atoms with Crippen molar-refractivity contribution in [2.45, 2.75) is 18.8 Å². The van der Waals surface area contributed by atoms with Crippen LogP contribution in [0.1, 0.15) is 29.9 Å². The molecule has 0 spiro atoms. The van der Waals surface area contributed by atoms with Crippen LogP contribution in [0.3, 0.4) is 0 Å². The van der Waals surface area contributed by atoms with E-state index in [0.717, 1.165) is 49.5 Å². The molecule has 0 N–H and O–H groups in total. The summed E-state index contributed by atoms with van der Waals surface area (Å²) in [4.78, 5) is 7.42. The van der Waals surface area contributed by atoms with Crippen LogP contribution < -0.4 is 4.74 Å². The summed E-state index contributed by atoms with van der Waals surface area (Å²) in [6.45, 7) is 2.95. The Balaban J connectivity index is 1.61. The molecule has 0 saturated carbocycles. The molecule has 0 aliphatic carbocycles. The number of hydrogen-bond acceptors (Lipinski definition) is 4. The van der Waals surface area contributed by atoms with Gasteiger partial charge in [-0.15, -0.1) is 0 Å². The molecule has 2 aromatic carbocycles. The van der Waals surface area contributed by atoms with Gasteiger partial charge < -0.3 is 14.5 Å². The minimum atomic E-state index is -0.246. The van der Waals surface area contributed by atoms with Crippen LogP contribution >= 0.6 is 0 Å². The van der Waals surface area contributed by atoms with Crippen LogP contribution in [0.4, 0.5) is 4.39 Å². The second kappa shape index (κ2) is 8.81. The summed E-state index contributed by atoms with van der Waals surface area (Å²) in [5.41, 5.74) is 3.02. The summed E-state index contributed by atoms with van der Waals surface area (Å²) in [5.74, 6) is 1.21. The van der Waals surface area contributed by atoms with Gasteiger partial charge in [-0.3, -0.25) is 0 Å². The highest BCUT2D eigenvalue weighted by molar-refractivity contribution is 6.00. The van der Waals surface area contributed by atoms with E-state index in [4.69, 9.17) is 9.57 Å². The molecule has 1 unspecified atom stereocenters. The Morgan fingerprint density at radius 3 is 2.65 bits per heavy atom. The third-order valence-electron chi connectivity index (χ3n) is 4.89. The monoisotopic (exact) mass is 356 g/mol. The number of methoxy groups -OCH3 is 1. The zero-order valence-corrected chi connectivity index (χ0v) is 15.3. The number of hydrogen-bond donors (Lipinski definition) is 0. The Hall–Kier alpha value is -2.40. The van der Waals surface area contributed by atoms with Crippen molar-refractivity contribution < 1.29 is 14.0 Å². The lowest BCUT2D eigenvalue weighted by molar-refractivity contribution is 0.212. The molecule has 1 saturated heterocycles. The molecule has 0 aromatic heterocycles. The molecule has 1 atom stereocenters. The highest BCUT2D eigenvalue weighted by Crippen LogP contribution is 2.33. The average molecular weight is 356 g/mol. The Morgan fingerprint density at radius 1 is 1.15 bits per heavy atom. The van der Waals surface area contributed by atoms with Gasteiger partial charge in [0.15, 0.2) is 0 Å². The van der Waals surface area contributed by atoms with Crippen molar-refractivity contribution in [3.8, 4) is 5.75 Å². The fraction of sp³-hybridized carbons (Fsp3) is 0.381. The summed E-state index contributed by atoms with van der Waals surface area (Å²) in [6.07, 6.45) is 1.88. The summed E-state index contributed by atoms with van der Waals surface area (Å²) in [7, 11) is 3.26. The maximum absolute atomic E-state index is 13.1. The van der Waals surface area contributed by atoms with Gasteiger partial charge in [0, 0.05) is 25.4 Å². The molecular weight excluding hydrogens is 331 g/mol. The molecule has 0 bridgehead atoms. The first-order valence-corrected chi connectivity index (χ1v) is 8.92. The van der Waals surface area contributed by atoms with Crippen molar-refractivity contribution >= 4 is 5.71 Å². The van der Waals surface area contributed by atoms with Crippen molar-refractivity contribution in [3.05, 3.63) is 65.5 Å². The van der Waals surface area contributed by atoms with Crippen LogP contribution in [0.2, 0.25) is 0 Å². The summed E-state index contributed by atoms with van der Waals surface area (Å²) < 4.78 is 18.6. The smallest absolute Gasteiger partial charge is 0.123 e. The Morgan fingerprint density at radius 2 is 1.92 bits per heavy atom. The van der Waals surface area contributed by atoms with E-state index in [1.165, 1.54) is 24.8 Å². The molecule has 1 fully saturated rings. The summed E-state index contributed by atoms with van der Waals surface area (Å²) in [6, 6.07) is 14.6. The van der Waals surface area contributed by atoms with Gasteiger partial charge in [-0.25, -0.2) is 4.39 Å². The molecule has 5 heteroatoms. The van der Waals surface area contributed by atoms with E-state index in [1.54, 1.807) is 19.2 Å². The maximum atomic E-state index is 13.1. The topological polar surface area (TPSA) is 34.1 Å². The van der Waals surface area contributed by atoms with Crippen LogP contribution in [0.5, 0.6) is 5.75 Å². The first-order chi connectivity index (χ1) is 12.7. The first-order valence-electron chi connectivity index (χ1n) is 8.92. The molecular formula is C21H25FN2O2. The lowest BCUT2D eigenvalue weighted by Crippen LogP contribution is -2.24. The fourth-order valence-electron chi connectivity index (χ4n) is 3.55. The molecule has 26 heavy (non-hydrogen) atoms. The summed E-state index contributed by atoms with van der Waals surface area (Å²) >= 11 is 0. The number of likely N-dealkylation sites (tertiary alicyclic amines) is 1. The standard InChI is InChI=1S/C21H25FN2O2/c1-25-21-6-4-3-5-19(21)17-11-13-24(15-17)14-12-20(23-26-2)16-7-9-18(22)10-8-16/h3-10,17H,11-15H2,1-2H3/b23-20-. The quantitative estimate of drug-likeness (QED) is 0.554. The van der Waals surface area contributed by atoms with E-state index in [1.807, 2.05) is 12.1 Å². The largest absolute Gasteiger partial charge is 0.496 e. The lowest BCUT2D eigenvalue weighted by atomic mass is 9.97. The van der Waals surface area contributed by atoms with Gasteiger partial charge >= 0.3 is 0 Å². The molecule has 0 amide bonds. The zero-order chi connectivity index (χ0) is 18.4. The predicted octanol–water partition coefficient (Wildman–Crippen LogP) is 4.06. The van der Waals surface area contributed by atoms with E-state index in [9.17, 15) is 4.39 Å². The van der Waals surface area contributed by atoms with E-state index in [0.29, 0.717) is 5.92 Å². The van der Waals surface area contributed by atoms with Crippen molar-refractivity contribution in [2.24, 2.45) is 5.16 Å². The Kier molecular flexibility index (Phi) is 6.23. The number of oxime groups is 1. The zero-order valence-electron chi connectivity index (χ0n) is 15.3. The van der Waals surface area contributed by atoms with Crippen molar-refractivity contribution in [1.82, 2.24) is 4.90 Å². The number of nitrogens with zero attached hydrogens (tertiary/aromatic N) is 2. The third-order valence-corrected chi connectivity index (χ3v) is 4.89. The van der Waals surface area contributed by atoms with E-state index in [-0.39, 0.29) is 5.82 Å². The van der Waals surface area contributed by atoms with Crippen LogP contribution in [0.15, 0.2) is 53.7 Å². The molecule has 4 nitrogen and oxygen atoms in total. The van der Waals surface area contributed by atoms with Crippen molar-refractivity contribution in [1.29, 1.82) is 0 Å². The van der Waals surface area contributed by atoms with Crippen LogP contribution in [-0.4, -0.2) is 44.5 Å². The highest BCUT2D eigenvalue weighted by atomic mass is 19.1. The lowest BCUT2D eigenvalue weighted by Gasteiger charge is -2.18. The molecule has 1 heterocycles. The van der Waals surface area contributed by atoms with Gasteiger partial charge in [0.1, 0.15) is 18.7 Å². The Labute approximate surface area is 154 Å². The number of benzene rings is 2. The molecule has 2 aromatic rings. The third kappa shape index (κ3) is 4.41. The maximum Gasteiger partial charge on any atom is 0.123 e. The van der Waals surface area contributed by atoms with Gasteiger partial charge in [-0.2, -0.15) is 0 Å². The number of para-hydroxylation sites is 1. The van der Waals surface area contributed by atoms with Gasteiger partial charge in [0.2, 0.25) is 0 Å². The van der Waals surface area contributed by atoms with Crippen molar-refractivity contribution in [3.63, 3.8) is 0 Å². The minimum Gasteiger partial charge on any atom is -0.496 e. The van der Waals surface area contributed by atoms with Crippen LogP contribution in [-0.2, 0) is 4.84 Å². The van der Waals surface area contributed by atoms with Crippen molar-refractivity contribution in [2.75, 3.05) is 33.9 Å². The fourth-order valence-corrected chi connectivity index (χ4v) is 3.55. The molecule has 138 valence electrons. The second-order valence-electron chi connectivity index (χ2n) is 6.51. The molecule has 0 radical (unpaired) electrons. The number of rotatable bonds is 7. The van der Waals surface area contributed by atoms with Crippen LogP contribution in [0.25, 0.3) is 0 Å². The Bertz CT molecular complexity index is 746. The highest BCUT2D eigenvalue weighted by Gasteiger charge is 2.26. The average Bonchev–Trinajstić information content (AvgIpc) is 3.14. The predicted molar refractivity (Wildman–Crippen MR) is 101 cm³/mol.